The standard InChI is InChI=1S/C18H13Cl2NO4S2/c1-25-18(22)17-14(10-15(26-17)11-5-3-2-4-6-11)21-27(23,24)16-8-7-12(19)9-13(16)20/h2-10,21H,1H3. The average molecular weight is 442 g/mol. The highest BCUT2D eigenvalue weighted by Gasteiger charge is 2.24. The van der Waals surface area contributed by atoms with E-state index in [4.69, 9.17) is 27.9 Å². The number of rotatable bonds is 5. The van der Waals surface area contributed by atoms with Gasteiger partial charge in [-0.2, -0.15) is 0 Å². The van der Waals surface area contributed by atoms with Crippen LogP contribution < -0.4 is 4.72 Å². The number of carbonyl (C=O) groups is 1. The Morgan fingerprint density at radius 1 is 1.07 bits per heavy atom. The predicted octanol–water partition coefficient (Wildman–Crippen LogP) is 5.31. The van der Waals surface area contributed by atoms with Gasteiger partial charge in [0, 0.05) is 9.90 Å². The van der Waals surface area contributed by atoms with Gasteiger partial charge in [-0.05, 0) is 29.8 Å². The lowest BCUT2D eigenvalue weighted by Crippen LogP contribution is -2.15. The van der Waals surface area contributed by atoms with Crippen molar-refractivity contribution in [3.05, 3.63) is 69.5 Å². The number of ether oxygens (including phenoxy) is 1. The molecule has 1 aromatic heterocycles. The van der Waals surface area contributed by atoms with Gasteiger partial charge in [-0.1, -0.05) is 53.5 Å². The molecule has 3 rings (SSSR count). The van der Waals surface area contributed by atoms with E-state index in [0.29, 0.717) is 5.02 Å². The maximum absolute atomic E-state index is 12.8. The molecule has 0 spiro atoms. The van der Waals surface area contributed by atoms with Crippen LogP contribution in [-0.4, -0.2) is 21.5 Å². The fraction of sp³-hybridized carbons (Fsp3) is 0.0556. The molecular weight excluding hydrogens is 429 g/mol. The van der Waals surface area contributed by atoms with Crippen LogP contribution in [-0.2, 0) is 14.8 Å². The zero-order valence-corrected chi connectivity index (χ0v) is 17.0. The van der Waals surface area contributed by atoms with Crippen molar-refractivity contribution in [1.82, 2.24) is 0 Å². The minimum atomic E-state index is -4.04. The number of methoxy groups -OCH3 is 1. The molecule has 0 unspecified atom stereocenters. The van der Waals surface area contributed by atoms with Crippen LogP contribution in [0.15, 0.2) is 59.5 Å². The number of thiophene rings is 1. The van der Waals surface area contributed by atoms with E-state index in [9.17, 15) is 13.2 Å². The van der Waals surface area contributed by atoms with E-state index in [1.165, 1.54) is 25.3 Å². The molecule has 0 aliphatic carbocycles. The third kappa shape index (κ3) is 4.27. The minimum Gasteiger partial charge on any atom is -0.465 e. The van der Waals surface area contributed by atoms with Crippen molar-refractivity contribution < 1.29 is 17.9 Å². The number of halogens is 2. The summed E-state index contributed by atoms with van der Waals surface area (Å²) in [5, 5.41) is 0.296. The Labute approximate surface area is 170 Å². The Hall–Kier alpha value is -2.06. The van der Waals surface area contributed by atoms with Gasteiger partial charge in [0.25, 0.3) is 10.0 Å². The van der Waals surface area contributed by atoms with Crippen LogP contribution in [0.3, 0.4) is 0 Å². The average Bonchev–Trinajstić information content (AvgIpc) is 3.04. The summed E-state index contributed by atoms with van der Waals surface area (Å²) >= 11 is 13.0. The van der Waals surface area contributed by atoms with E-state index in [-0.39, 0.29) is 20.5 Å². The Morgan fingerprint density at radius 3 is 2.41 bits per heavy atom. The number of benzene rings is 2. The molecule has 0 radical (unpaired) electrons. The number of carbonyl (C=O) groups excluding carboxylic acids is 1. The van der Waals surface area contributed by atoms with Gasteiger partial charge in [-0.15, -0.1) is 11.3 Å². The van der Waals surface area contributed by atoms with Gasteiger partial charge >= 0.3 is 5.97 Å². The van der Waals surface area contributed by atoms with Gasteiger partial charge in [0.2, 0.25) is 0 Å². The molecule has 0 bridgehead atoms. The van der Waals surface area contributed by atoms with E-state index < -0.39 is 16.0 Å². The van der Waals surface area contributed by atoms with Crippen LogP contribution in [0, 0.1) is 0 Å². The molecule has 0 saturated carbocycles. The maximum atomic E-state index is 12.8. The van der Waals surface area contributed by atoms with Gasteiger partial charge in [-0.25, -0.2) is 13.2 Å². The smallest absolute Gasteiger partial charge is 0.350 e. The van der Waals surface area contributed by atoms with Crippen LogP contribution in [0.4, 0.5) is 5.69 Å². The van der Waals surface area contributed by atoms with Gasteiger partial charge in [0.05, 0.1) is 17.8 Å². The molecule has 0 fully saturated rings. The molecule has 27 heavy (non-hydrogen) atoms. The van der Waals surface area contributed by atoms with Crippen molar-refractivity contribution in [2.75, 3.05) is 11.8 Å². The summed E-state index contributed by atoms with van der Waals surface area (Å²) in [7, 11) is -2.80. The molecule has 0 aliphatic heterocycles. The number of sulfonamides is 1. The predicted molar refractivity (Wildman–Crippen MR) is 108 cm³/mol. The lowest BCUT2D eigenvalue weighted by molar-refractivity contribution is 0.0607. The van der Waals surface area contributed by atoms with Gasteiger partial charge < -0.3 is 4.74 Å². The summed E-state index contributed by atoms with van der Waals surface area (Å²) < 4.78 is 32.7. The first-order valence-electron chi connectivity index (χ1n) is 7.57. The number of esters is 1. The van der Waals surface area contributed by atoms with Crippen LogP contribution in [0.5, 0.6) is 0 Å². The van der Waals surface area contributed by atoms with E-state index >= 15 is 0 Å². The van der Waals surface area contributed by atoms with Crippen molar-refractivity contribution in [3.63, 3.8) is 0 Å². The first kappa shape index (κ1) is 19.7. The van der Waals surface area contributed by atoms with E-state index in [2.05, 4.69) is 4.72 Å². The van der Waals surface area contributed by atoms with Gasteiger partial charge in [-0.3, -0.25) is 4.72 Å². The Morgan fingerprint density at radius 2 is 1.78 bits per heavy atom. The third-order valence-corrected chi connectivity index (χ3v) is 6.84. The quantitative estimate of drug-likeness (QED) is 0.544. The normalized spacial score (nSPS) is 11.2. The molecule has 140 valence electrons. The second-order valence-electron chi connectivity index (χ2n) is 5.39. The third-order valence-electron chi connectivity index (χ3n) is 3.59. The molecule has 0 amide bonds. The first-order valence-corrected chi connectivity index (χ1v) is 10.6. The Balaban J connectivity index is 2.05. The first-order chi connectivity index (χ1) is 12.8. The molecule has 5 nitrogen and oxygen atoms in total. The topological polar surface area (TPSA) is 72.5 Å². The van der Waals surface area contributed by atoms with Crippen molar-refractivity contribution >= 4 is 56.2 Å². The second kappa shape index (κ2) is 7.90. The highest BCUT2D eigenvalue weighted by atomic mass is 35.5. The zero-order valence-electron chi connectivity index (χ0n) is 13.9. The number of nitrogens with one attached hydrogen (secondary N) is 1. The van der Waals surface area contributed by atoms with Crippen LogP contribution in [0.2, 0.25) is 10.0 Å². The van der Waals surface area contributed by atoms with Crippen molar-refractivity contribution in [2.24, 2.45) is 0 Å². The fourth-order valence-corrected chi connectivity index (χ4v) is 5.29. The van der Waals surface area contributed by atoms with E-state index in [1.54, 1.807) is 6.07 Å². The SMILES string of the molecule is COC(=O)c1sc(-c2ccccc2)cc1NS(=O)(=O)c1ccc(Cl)cc1Cl. The van der Waals surface area contributed by atoms with Crippen molar-refractivity contribution in [3.8, 4) is 10.4 Å². The summed E-state index contributed by atoms with van der Waals surface area (Å²) in [4.78, 5) is 12.8. The number of hydrogen-bond donors (Lipinski definition) is 1. The largest absolute Gasteiger partial charge is 0.465 e. The summed E-state index contributed by atoms with van der Waals surface area (Å²) in [5.74, 6) is -0.637. The maximum Gasteiger partial charge on any atom is 0.350 e. The lowest BCUT2D eigenvalue weighted by atomic mass is 10.2. The second-order valence-corrected chi connectivity index (χ2v) is 8.94. The summed E-state index contributed by atoms with van der Waals surface area (Å²) in [6, 6.07) is 14.9. The summed E-state index contributed by atoms with van der Waals surface area (Å²) in [5.41, 5.74) is 0.972. The number of anilines is 1. The Kier molecular flexibility index (Phi) is 5.76. The molecule has 1 N–H and O–H groups in total. The van der Waals surface area contributed by atoms with Crippen LogP contribution in [0.1, 0.15) is 9.67 Å². The van der Waals surface area contributed by atoms with Gasteiger partial charge in [0.15, 0.2) is 0 Å². The van der Waals surface area contributed by atoms with Crippen molar-refractivity contribution in [1.29, 1.82) is 0 Å². The van der Waals surface area contributed by atoms with Crippen LogP contribution >= 0.6 is 34.5 Å². The Bertz CT molecular complexity index is 1100. The molecule has 3 aromatic rings. The van der Waals surface area contributed by atoms with Crippen molar-refractivity contribution in [2.45, 2.75) is 4.90 Å². The minimum absolute atomic E-state index is 0.0202. The monoisotopic (exact) mass is 441 g/mol. The van der Waals surface area contributed by atoms with Gasteiger partial charge in [0.1, 0.15) is 9.77 Å². The zero-order chi connectivity index (χ0) is 19.6. The summed E-state index contributed by atoms with van der Waals surface area (Å²) in [6.07, 6.45) is 0. The molecule has 9 heteroatoms. The molecule has 0 atom stereocenters. The van der Waals surface area contributed by atoms with E-state index in [0.717, 1.165) is 21.8 Å². The highest BCUT2D eigenvalue weighted by Crippen LogP contribution is 2.37. The van der Waals surface area contributed by atoms with Crippen LogP contribution in [0.25, 0.3) is 10.4 Å². The summed E-state index contributed by atoms with van der Waals surface area (Å²) in [6.45, 7) is 0. The molecule has 0 aliphatic rings. The molecular formula is C18H13Cl2NO4S2. The molecule has 1 heterocycles. The van der Waals surface area contributed by atoms with E-state index in [1.807, 2.05) is 30.3 Å². The fourth-order valence-electron chi connectivity index (χ4n) is 2.35. The molecule has 0 saturated heterocycles. The highest BCUT2D eigenvalue weighted by molar-refractivity contribution is 7.92. The number of hydrogen-bond acceptors (Lipinski definition) is 5. The molecule has 2 aromatic carbocycles. The lowest BCUT2D eigenvalue weighted by Gasteiger charge is -2.09.